The highest BCUT2D eigenvalue weighted by atomic mass is 16.5. The van der Waals surface area contributed by atoms with Gasteiger partial charge in [-0.2, -0.15) is 0 Å². The summed E-state index contributed by atoms with van der Waals surface area (Å²) in [6.45, 7) is 7.61. The molecule has 6 heteroatoms. The van der Waals surface area contributed by atoms with Gasteiger partial charge in [-0.25, -0.2) is 0 Å². The number of nitrogens with zero attached hydrogens (tertiary/aromatic N) is 1. The van der Waals surface area contributed by atoms with E-state index in [9.17, 15) is 4.79 Å². The number of hydrogen-bond acceptors (Lipinski definition) is 5. The number of rotatable bonds is 10. The summed E-state index contributed by atoms with van der Waals surface area (Å²) in [7, 11) is 0. The molecule has 162 valence electrons. The quantitative estimate of drug-likeness (QED) is 0.490. The van der Waals surface area contributed by atoms with Crippen LogP contribution in [0.1, 0.15) is 34.0 Å². The van der Waals surface area contributed by atoms with Gasteiger partial charge in [-0.05, 0) is 79.9 Å². The Hall–Kier alpha value is -3.54. The zero-order valence-corrected chi connectivity index (χ0v) is 18.2. The molecule has 6 nitrogen and oxygen atoms in total. The maximum atomic E-state index is 12.5. The molecule has 0 saturated heterocycles. The molecule has 0 spiro atoms. The number of nitrogens with one attached hydrogen (secondary N) is 1. The number of benzene rings is 2. The number of pyridine rings is 1. The molecule has 1 N–H and O–H groups in total. The molecule has 0 aliphatic heterocycles. The second-order valence-corrected chi connectivity index (χ2v) is 7.17. The number of carbonyl (C=O) groups excluding carboxylic acids is 1. The van der Waals surface area contributed by atoms with Crippen molar-refractivity contribution in [3.63, 3.8) is 0 Å². The smallest absolute Gasteiger partial charge is 0.251 e. The third-order valence-corrected chi connectivity index (χ3v) is 4.50. The van der Waals surface area contributed by atoms with E-state index in [4.69, 9.17) is 14.2 Å². The van der Waals surface area contributed by atoms with Crippen LogP contribution in [0.15, 0.2) is 60.9 Å². The molecule has 0 aliphatic carbocycles. The largest absolute Gasteiger partial charge is 0.492 e. The first-order valence-corrected chi connectivity index (χ1v) is 10.3. The number of ether oxygens (including phenoxy) is 3. The van der Waals surface area contributed by atoms with Gasteiger partial charge >= 0.3 is 0 Å². The molecule has 0 fully saturated rings. The van der Waals surface area contributed by atoms with Crippen LogP contribution in [-0.2, 0) is 6.61 Å². The lowest BCUT2D eigenvalue weighted by molar-refractivity contribution is 0.0946. The van der Waals surface area contributed by atoms with E-state index in [1.807, 2.05) is 45.0 Å². The predicted octanol–water partition coefficient (Wildman–Crippen LogP) is 4.48. The van der Waals surface area contributed by atoms with Crippen LogP contribution in [0.2, 0.25) is 0 Å². The van der Waals surface area contributed by atoms with Gasteiger partial charge in [0, 0.05) is 18.0 Å². The minimum Gasteiger partial charge on any atom is -0.492 e. The van der Waals surface area contributed by atoms with Crippen LogP contribution in [-0.4, -0.2) is 30.6 Å². The molecule has 0 radical (unpaired) electrons. The second-order valence-electron chi connectivity index (χ2n) is 7.17. The molecule has 2 aromatic carbocycles. The molecule has 0 bridgehead atoms. The fourth-order valence-electron chi connectivity index (χ4n) is 3.13. The van der Waals surface area contributed by atoms with Gasteiger partial charge in [0.05, 0.1) is 13.2 Å². The highest BCUT2D eigenvalue weighted by molar-refractivity contribution is 5.94. The van der Waals surface area contributed by atoms with Crippen LogP contribution in [0, 0.1) is 13.8 Å². The minimum absolute atomic E-state index is 0.189. The summed E-state index contributed by atoms with van der Waals surface area (Å²) < 4.78 is 17.3. The van der Waals surface area contributed by atoms with Crippen LogP contribution >= 0.6 is 0 Å². The Morgan fingerprint density at radius 1 is 0.903 bits per heavy atom. The predicted molar refractivity (Wildman–Crippen MR) is 120 cm³/mol. The molecule has 3 rings (SSSR count). The van der Waals surface area contributed by atoms with Crippen molar-refractivity contribution in [1.82, 2.24) is 10.3 Å². The van der Waals surface area contributed by atoms with E-state index in [1.165, 1.54) is 0 Å². The van der Waals surface area contributed by atoms with Crippen LogP contribution in [0.25, 0.3) is 0 Å². The topological polar surface area (TPSA) is 69.7 Å². The molecule has 0 saturated carbocycles. The van der Waals surface area contributed by atoms with E-state index in [-0.39, 0.29) is 5.91 Å². The van der Waals surface area contributed by atoms with Crippen molar-refractivity contribution in [3.05, 3.63) is 83.2 Å². The summed E-state index contributed by atoms with van der Waals surface area (Å²) in [5, 5.41) is 2.88. The lowest BCUT2D eigenvalue weighted by Gasteiger charge is -2.14. The maximum absolute atomic E-state index is 12.5. The zero-order valence-electron chi connectivity index (χ0n) is 18.2. The molecule has 0 aliphatic rings. The van der Waals surface area contributed by atoms with E-state index in [0.29, 0.717) is 43.4 Å². The van der Waals surface area contributed by atoms with Gasteiger partial charge in [-0.1, -0.05) is 6.07 Å². The van der Waals surface area contributed by atoms with Crippen molar-refractivity contribution in [3.8, 4) is 17.2 Å². The van der Waals surface area contributed by atoms with E-state index >= 15 is 0 Å². The first-order valence-electron chi connectivity index (χ1n) is 10.3. The van der Waals surface area contributed by atoms with Gasteiger partial charge in [0.15, 0.2) is 11.5 Å². The SMILES string of the molecule is CCOc1cc(C(=O)NCCOc2cc(C)cc(C)c2)ccc1OCc1ccncc1. The first-order chi connectivity index (χ1) is 15.0. The standard InChI is InChI=1S/C25H28N2O4/c1-4-29-24-16-21(5-6-23(24)31-17-20-7-9-26-10-8-20)25(28)27-11-12-30-22-14-18(2)13-19(3)15-22/h5-10,13-16H,4,11-12,17H2,1-3H3,(H,27,28). The molecule has 1 aromatic heterocycles. The second kappa shape index (κ2) is 11.0. The van der Waals surface area contributed by atoms with Crippen LogP contribution < -0.4 is 19.5 Å². The van der Waals surface area contributed by atoms with E-state index < -0.39 is 0 Å². The molecule has 3 aromatic rings. The monoisotopic (exact) mass is 420 g/mol. The van der Waals surface area contributed by atoms with Gasteiger partial charge in [0.1, 0.15) is 19.0 Å². The van der Waals surface area contributed by atoms with Crippen molar-refractivity contribution in [2.75, 3.05) is 19.8 Å². The summed E-state index contributed by atoms with van der Waals surface area (Å²) in [6, 6.07) is 15.0. The van der Waals surface area contributed by atoms with E-state index in [2.05, 4.69) is 16.4 Å². The van der Waals surface area contributed by atoms with Crippen molar-refractivity contribution >= 4 is 5.91 Å². The van der Waals surface area contributed by atoms with Crippen molar-refractivity contribution in [2.24, 2.45) is 0 Å². The molecule has 31 heavy (non-hydrogen) atoms. The normalized spacial score (nSPS) is 10.4. The Morgan fingerprint density at radius 2 is 1.65 bits per heavy atom. The van der Waals surface area contributed by atoms with Crippen molar-refractivity contribution in [2.45, 2.75) is 27.4 Å². The fourth-order valence-corrected chi connectivity index (χ4v) is 3.13. The summed E-state index contributed by atoms with van der Waals surface area (Å²) in [5.74, 6) is 1.75. The van der Waals surface area contributed by atoms with Gasteiger partial charge in [-0.3, -0.25) is 9.78 Å². The fraction of sp³-hybridized carbons (Fsp3) is 0.280. The molecule has 0 unspecified atom stereocenters. The lowest BCUT2D eigenvalue weighted by atomic mass is 10.1. The molecule has 1 heterocycles. The molecular formula is C25H28N2O4. The lowest BCUT2D eigenvalue weighted by Crippen LogP contribution is -2.28. The van der Waals surface area contributed by atoms with Crippen LogP contribution in [0.3, 0.4) is 0 Å². The third kappa shape index (κ3) is 6.74. The Morgan fingerprint density at radius 3 is 2.35 bits per heavy atom. The third-order valence-electron chi connectivity index (χ3n) is 4.50. The highest BCUT2D eigenvalue weighted by Gasteiger charge is 2.12. The molecule has 1 amide bonds. The summed E-state index contributed by atoms with van der Waals surface area (Å²) in [6.07, 6.45) is 3.44. The van der Waals surface area contributed by atoms with Gasteiger partial charge in [0.25, 0.3) is 5.91 Å². The van der Waals surface area contributed by atoms with E-state index in [1.54, 1.807) is 30.6 Å². The summed E-state index contributed by atoms with van der Waals surface area (Å²) in [5.41, 5.74) is 3.80. The zero-order chi connectivity index (χ0) is 22.1. The maximum Gasteiger partial charge on any atom is 0.251 e. The van der Waals surface area contributed by atoms with E-state index in [0.717, 1.165) is 22.4 Å². The summed E-state index contributed by atoms with van der Waals surface area (Å²) >= 11 is 0. The van der Waals surface area contributed by atoms with Crippen LogP contribution in [0.4, 0.5) is 0 Å². The Labute approximate surface area is 183 Å². The average Bonchev–Trinajstić information content (AvgIpc) is 2.76. The number of amides is 1. The Bertz CT molecular complexity index is 985. The number of hydrogen-bond donors (Lipinski definition) is 1. The van der Waals surface area contributed by atoms with Gasteiger partial charge in [0.2, 0.25) is 0 Å². The van der Waals surface area contributed by atoms with Gasteiger partial charge < -0.3 is 19.5 Å². The molecule has 0 atom stereocenters. The summed E-state index contributed by atoms with van der Waals surface area (Å²) in [4.78, 5) is 16.5. The minimum atomic E-state index is -0.189. The average molecular weight is 421 g/mol. The highest BCUT2D eigenvalue weighted by Crippen LogP contribution is 2.29. The number of carbonyl (C=O) groups is 1. The number of aromatic nitrogens is 1. The Kier molecular flexibility index (Phi) is 7.87. The Balaban J connectivity index is 1.55. The van der Waals surface area contributed by atoms with Crippen molar-refractivity contribution in [1.29, 1.82) is 0 Å². The molecular weight excluding hydrogens is 392 g/mol. The van der Waals surface area contributed by atoms with Crippen molar-refractivity contribution < 1.29 is 19.0 Å². The number of aryl methyl sites for hydroxylation is 2. The first kappa shape index (κ1) is 22.2. The van der Waals surface area contributed by atoms with Crippen LogP contribution in [0.5, 0.6) is 17.2 Å². The van der Waals surface area contributed by atoms with Gasteiger partial charge in [-0.15, -0.1) is 0 Å².